The van der Waals surface area contributed by atoms with Crippen LogP contribution in [0.2, 0.25) is 0 Å². The van der Waals surface area contributed by atoms with E-state index >= 15 is 0 Å². The lowest BCUT2D eigenvalue weighted by atomic mass is 10.1. The summed E-state index contributed by atoms with van der Waals surface area (Å²) in [4.78, 5) is 14.2. The van der Waals surface area contributed by atoms with Crippen LogP contribution in [0.25, 0.3) is 11.3 Å². The van der Waals surface area contributed by atoms with Crippen LogP contribution in [0.15, 0.2) is 54.6 Å². The average Bonchev–Trinajstić information content (AvgIpc) is 3.21. The number of aromatic hydroxyl groups is 1. The average molecular weight is 381 g/mol. The van der Waals surface area contributed by atoms with E-state index in [0.717, 1.165) is 17.1 Å². The summed E-state index contributed by atoms with van der Waals surface area (Å²) in [6.45, 7) is 1.06. The second-order valence-electron chi connectivity index (χ2n) is 6.32. The third kappa shape index (κ3) is 4.82. The summed E-state index contributed by atoms with van der Waals surface area (Å²) >= 11 is 0. The van der Waals surface area contributed by atoms with Gasteiger partial charge in [0.15, 0.2) is 0 Å². The van der Waals surface area contributed by atoms with Crippen molar-refractivity contribution in [2.45, 2.75) is 6.42 Å². The van der Waals surface area contributed by atoms with E-state index in [9.17, 15) is 9.90 Å². The van der Waals surface area contributed by atoms with E-state index in [1.165, 1.54) is 0 Å². The molecular weight excluding hydrogens is 358 g/mol. The molecular formula is C21H23N3O4. The van der Waals surface area contributed by atoms with Crippen molar-refractivity contribution < 1.29 is 19.4 Å². The standard InChI is InChI=1S/C21H23N3O4/c1-24(12-3-13-28-18-10-8-17(27-2)9-11-18)21(26)20-14-19(22-23-20)15-4-6-16(25)7-5-15/h4-11,14,25H,3,12-13H2,1-2H3,(H,22,23). The fourth-order valence-electron chi connectivity index (χ4n) is 2.68. The Morgan fingerprint density at radius 1 is 1.11 bits per heavy atom. The maximum atomic E-state index is 12.5. The van der Waals surface area contributed by atoms with Gasteiger partial charge in [0.25, 0.3) is 5.91 Å². The van der Waals surface area contributed by atoms with E-state index in [-0.39, 0.29) is 11.7 Å². The van der Waals surface area contributed by atoms with Crippen molar-refractivity contribution >= 4 is 5.91 Å². The van der Waals surface area contributed by atoms with Gasteiger partial charge in [-0.25, -0.2) is 0 Å². The minimum atomic E-state index is -0.137. The van der Waals surface area contributed by atoms with Crippen LogP contribution in [-0.2, 0) is 0 Å². The van der Waals surface area contributed by atoms with Crippen molar-refractivity contribution in [3.05, 3.63) is 60.3 Å². The van der Waals surface area contributed by atoms with Crippen LogP contribution >= 0.6 is 0 Å². The predicted octanol–water partition coefficient (Wildman–Crippen LogP) is 3.33. The molecule has 0 saturated carbocycles. The molecule has 0 radical (unpaired) electrons. The van der Waals surface area contributed by atoms with Gasteiger partial charge in [-0.3, -0.25) is 9.89 Å². The number of aromatic nitrogens is 2. The lowest BCUT2D eigenvalue weighted by molar-refractivity contribution is 0.0782. The summed E-state index contributed by atoms with van der Waals surface area (Å²) in [6.07, 6.45) is 0.702. The smallest absolute Gasteiger partial charge is 0.271 e. The van der Waals surface area contributed by atoms with Crippen LogP contribution in [0, 0.1) is 0 Å². The molecule has 0 aliphatic carbocycles. The number of methoxy groups -OCH3 is 1. The van der Waals surface area contributed by atoms with Crippen LogP contribution in [0.3, 0.4) is 0 Å². The van der Waals surface area contributed by atoms with Gasteiger partial charge in [0.05, 0.1) is 19.4 Å². The number of phenolic OH excluding ortho intramolecular Hbond substituents is 1. The van der Waals surface area contributed by atoms with Gasteiger partial charge in [-0.1, -0.05) is 0 Å². The van der Waals surface area contributed by atoms with E-state index < -0.39 is 0 Å². The zero-order valence-corrected chi connectivity index (χ0v) is 15.9. The number of benzene rings is 2. The van der Waals surface area contributed by atoms with Gasteiger partial charge in [-0.15, -0.1) is 0 Å². The van der Waals surface area contributed by atoms with Crippen molar-refractivity contribution in [1.29, 1.82) is 0 Å². The fraction of sp³-hybridized carbons (Fsp3) is 0.238. The van der Waals surface area contributed by atoms with Crippen LogP contribution in [0.1, 0.15) is 16.9 Å². The monoisotopic (exact) mass is 381 g/mol. The number of H-pyrrole nitrogens is 1. The number of aromatic amines is 1. The normalized spacial score (nSPS) is 10.5. The number of carbonyl (C=O) groups excluding carboxylic acids is 1. The van der Waals surface area contributed by atoms with Crippen molar-refractivity contribution in [3.63, 3.8) is 0 Å². The van der Waals surface area contributed by atoms with Gasteiger partial charge < -0.3 is 19.5 Å². The SMILES string of the molecule is COc1ccc(OCCCN(C)C(=O)c2cc(-c3ccc(O)cc3)n[nH]2)cc1. The van der Waals surface area contributed by atoms with E-state index in [1.54, 1.807) is 49.4 Å². The summed E-state index contributed by atoms with van der Waals surface area (Å²) in [6, 6.07) is 15.8. The number of rotatable bonds is 8. The van der Waals surface area contributed by atoms with Gasteiger partial charge in [-0.05, 0) is 61.0 Å². The minimum absolute atomic E-state index is 0.137. The molecule has 1 heterocycles. The molecule has 0 fully saturated rings. The number of ether oxygens (including phenoxy) is 2. The van der Waals surface area contributed by atoms with Gasteiger partial charge in [0.1, 0.15) is 22.9 Å². The first kappa shape index (κ1) is 19.3. The maximum Gasteiger partial charge on any atom is 0.271 e. The molecule has 28 heavy (non-hydrogen) atoms. The highest BCUT2D eigenvalue weighted by atomic mass is 16.5. The lowest BCUT2D eigenvalue weighted by Gasteiger charge is -2.16. The fourth-order valence-corrected chi connectivity index (χ4v) is 2.68. The minimum Gasteiger partial charge on any atom is -0.508 e. The molecule has 146 valence electrons. The first-order chi connectivity index (χ1) is 13.6. The molecule has 0 aliphatic heterocycles. The van der Waals surface area contributed by atoms with Gasteiger partial charge in [0, 0.05) is 19.2 Å². The zero-order valence-electron chi connectivity index (χ0n) is 15.9. The van der Waals surface area contributed by atoms with Crippen molar-refractivity contribution in [3.8, 4) is 28.5 Å². The molecule has 0 unspecified atom stereocenters. The third-order valence-corrected chi connectivity index (χ3v) is 4.28. The van der Waals surface area contributed by atoms with E-state index in [4.69, 9.17) is 9.47 Å². The molecule has 2 N–H and O–H groups in total. The highest BCUT2D eigenvalue weighted by molar-refractivity contribution is 5.93. The number of amides is 1. The number of hydrogen-bond acceptors (Lipinski definition) is 5. The molecule has 1 aromatic heterocycles. The summed E-state index contributed by atoms with van der Waals surface area (Å²) in [7, 11) is 3.37. The number of phenols is 1. The molecule has 3 aromatic rings. The molecule has 0 spiro atoms. The Balaban J connectivity index is 1.48. The Hall–Kier alpha value is -3.48. The molecule has 0 aliphatic rings. The second-order valence-corrected chi connectivity index (χ2v) is 6.32. The van der Waals surface area contributed by atoms with Crippen LogP contribution in [-0.4, -0.2) is 53.4 Å². The van der Waals surface area contributed by atoms with Gasteiger partial charge in [0.2, 0.25) is 0 Å². The third-order valence-electron chi connectivity index (χ3n) is 4.28. The molecule has 0 bridgehead atoms. The number of hydrogen-bond donors (Lipinski definition) is 2. The van der Waals surface area contributed by atoms with Gasteiger partial charge >= 0.3 is 0 Å². The second kappa shape index (κ2) is 8.94. The van der Waals surface area contributed by atoms with Crippen LogP contribution in [0.4, 0.5) is 0 Å². The summed E-state index contributed by atoms with van der Waals surface area (Å²) < 4.78 is 10.8. The molecule has 0 atom stereocenters. The molecule has 1 amide bonds. The van der Waals surface area contributed by atoms with E-state index in [2.05, 4.69) is 10.2 Å². The van der Waals surface area contributed by atoms with Gasteiger partial charge in [-0.2, -0.15) is 5.10 Å². The van der Waals surface area contributed by atoms with Crippen molar-refractivity contribution in [2.24, 2.45) is 0 Å². The van der Waals surface area contributed by atoms with Crippen molar-refractivity contribution in [1.82, 2.24) is 15.1 Å². The molecule has 3 rings (SSSR count). The van der Waals surface area contributed by atoms with Crippen LogP contribution in [0.5, 0.6) is 17.2 Å². The Kier molecular flexibility index (Phi) is 6.16. The highest BCUT2D eigenvalue weighted by Gasteiger charge is 2.15. The van der Waals surface area contributed by atoms with E-state index in [0.29, 0.717) is 31.0 Å². The number of nitrogens with one attached hydrogen (secondary N) is 1. The first-order valence-electron chi connectivity index (χ1n) is 8.94. The zero-order chi connectivity index (χ0) is 19.9. The summed E-state index contributed by atoms with van der Waals surface area (Å²) in [5, 5.41) is 16.3. The van der Waals surface area contributed by atoms with Crippen LogP contribution < -0.4 is 9.47 Å². The molecule has 0 saturated heterocycles. The number of nitrogens with zero attached hydrogens (tertiary/aromatic N) is 2. The summed E-state index contributed by atoms with van der Waals surface area (Å²) in [5.41, 5.74) is 1.89. The first-order valence-corrected chi connectivity index (χ1v) is 8.94. The van der Waals surface area contributed by atoms with Crippen molar-refractivity contribution in [2.75, 3.05) is 27.3 Å². The molecule has 7 heteroatoms. The Morgan fingerprint density at radius 2 is 1.79 bits per heavy atom. The Labute approximate surface area is 163 Å². The Bertz CT molecular complexity index is 904. The number of carbonyl (C=O) groups is 1. The highest BCUT2D eigenvalue weighted by Crippen LogP contribution is 2.21. The quantitative estimate of drug-likeness (QED) is 0.585. The Morgan fingerprint density at radius 3 is 2.46 bits per heavy atom. The molecule has 2 aromatic carbocycles. The summed E-state index contributed by atoms with van der Waals surface area (Å²) in [5.74, 6) is 1.60. The van der Waals surface area contributed by atoms with E-state index in [1.807, 2.05) is 24.3 Å². The largest absolute Gasteiger partial charge is 0.508 e. The molecule has 7 nitrogen and oxygen atoms in total. The topological polar surface area (TPSA) is 87.7 Å². The maximum absolute atomic E-state index is 12.5. The predicted molar refractivity (Wildman–Crippen MR) is 106 cm³/mol. The lowest BCUT2D eigenvalue weighted by Crippen LogP contribution is -2.29.